The van der Waals surface area contributed by atoms with Crippen molar-refractivity contribution in [2.24, 2.45) is 5.73 Å². The van der Waals surface area contributed by atoms with Gasteiger partial charge < -0.3 is 10.8 Å². The third-order valence-electron chi connectivity index (χ3n) is 4.77. The van der Waals surface area contributed by atoms with E-state index in [-0.39, 0.29) is 6.04 Å². The van der Waals surface area contributed by atoms with Crippen LogP contribution in [0.2, 0.25) is 0 Å². The summed E-state index contributed by atoms with van der Waals surface area (Å²) in [5.74, 6) is 0.728. The molecule has 0 aliphatic heterocycles. The summed E-state index contributed by atoms with van der Waals surface area (Å²) in [6.45, 7) is 0. The molecule has 0 heterocycles. The van der Waals surface area contributed by atoms with Gasteiger partial charge in [-0.3, -0.25) is 0 Å². The molecule has 1 aromatic carbocycles. The second-order valence-corrected chi connectivity index (χ2v) is 6.14. The Labute approximate surface area is 109 Å². The van der Waals surface area contributed by atoms with Gasteiger partial charge >= 0.3 is 0 Å². The molecule has 18 heavy (non-hydrogen) atoms. The highest BCUT2D eigenvalue weighted by molar-refractivity contribution is 5.32. The van der Waals surface area contributed by atoms with Gasteiger partial charge in [-0.2, -0.15) is 0 Å². The number of nitrogens with two attached hydrogens (primary N) is 1. The fourth-order valence-electron chi connectivity index (χ4n) is 3.38. The first-order valence-corrected chi connectivity index (χ1v) is 7.26. The van der Waals surface area contributed by atoms with Crippen molar-refractivity contribution in [1.82, 2.24) is 0 Å². The van der Waals surface area contributed by atoms with E-state index in [0.29, 0.717) is 6.42 Å². The Morgan fingerprint density at radius 1 is 1.17 bits per heavy atom. The fourth-order valence-corrected chi connectivity index (χ4v) is 3.38. The van der Waals surface area contributed by atoms with Crippen LogP contribution in [0.3, 0.4) is 0 Å². The lowest BCUT2D eigenvalue weighted by atomic mass is 9.75. The molecule has 2 heteroatoms. The molecule has 2 fully saturated rings. The van der Waals surface area contributed by atoms with Gasteiger partial charge in [0, 0.05) is 6.04 Å². The first-order chi connectivity index (χ1) is 8.67. The van der Waals surface area contributed by atoms with E-state index in [1.54, 1.807) is 0 Å². The van der Waals surface area contributed by atoms with E-state index >= 15 is 0 Å². The van der Waals surface area contributed by atoms with Crippen LogP contribution in [0, 0.1) is 0 Å². The minimum Gasteiger partial charge on any atom is -0.385 e. The summed E-state index contributed by atoms with van der Waals surface area (Å²) in [5.41, 5.74) is 7.83. The maximum Gasteiger partial charge on any atom is 0.0911 e. The van der Waals surface area contributed by atoms with Crippen molar-refractivity contribution in [3.05, 3.63) is 35.4 Å². The Bertz CT molecular complexity index is 427. The maximum absolute atomic E-state index is 10.8. The minimum atomic E-state index is -0.683. The van der Waals surface area contributed by atoms with Crippen LogP contribution in [0.4, 0.5) is 0 Å². The molecule has 3 N–H and O–H groups in total. The van der Waals surface area contributed by atoms with Crippen molar-refractivity contribution in [2.75, 3.05) is 0 Å². The largest absolute Gasteiger partial charge is 0.385 e. The number of benzene rings is 1. The first kappa shape index (κ1) is 12.2. The predicted molar refractivity (Wildman–Crippen MR) is 73.4 cm³/mol. The van der Waals surface area contributed by atoms with E-state index in [9.17, 15) is 5.11 Å². The molecule has 2 aliphatic rings. The number of hydrogen-bond donors (Lipinski definition) is 2. The van der Waals surface area contributed by atoms with Crippen LogP contribution in [-0.4, -0.2) is 11.1 Å². The van der Waals surface area contributed by atoms with Gasteiger partial charge in [0.05, 0.1) is 5.60 Å². The Kier molecular flexibility index (Phi) is 3.16. The first-order valence-electron chi connectivity index (χ1n) is 7.26. The Hall–Kier alpha value is -0.860. The topological polar surface area (TPSA) is 46.2 Å². The average Bonchev–Trinajstić information content (AvgIpc) is 2.27. The number of rotatable bonds is 2. The standard InChI is InChI=1S/C16H23NO/c17-15-8-3-9-16(18,11-15)14-7-2-6-13(10-14)12-4-1-5-12/h2,6-7,10,12,15,18H,1,3-5,8-9,11,17H2. The highest BCUT2D eigenvalue weighted by atomic mass is 16.3. The molecule has 0 radical (unpaired) electrons. The van der Waals surface area contributed by atoms with Crippen molar-refractivity contribution >= 4 is 0 Å². The van der Waals surface area contributed by atoms with Crippen molar-refractivity contribution in [3.63, 3.8) is 0 Å². The van der Waals surface area contributed by atoms with Crippen LogP contribution in [0.5, 0.6) is 0 Å². The van der Waals surface area contributed by atoms with Gasteiger partial charge in [0.1, 0.15) is 0 Å². The normalized spacial score (nSPS) is 33.1. The summed E-state index contributed by atoms with van der Waals surface area (Å²) in [7, 11) is 0. The summed E-state index contributed by atoms with van der Waals surface area (Å²) in [4.78, 5) is 0. The molecule has 0 spiro atoms. The molecule has 0 aromatic heterocycles. The van der Waals surface area contributed by atoms with Crippen LogP contribution >= 0.6 is 0 Å². The molecule has 3 rings (SSSR count). The predicted octanol–water partition coefficient (Wildman–Crippen LogP) is 3.04. The van der Waals surface area contributed by atoms with Crippen molar-refractivity contribution < 1.29 is 5.11 Å². The molecule has 98 valence electrons. The highest BCUT2D eigenvalue weighted by Crippen LogP contribution is 2.40. The van der Waals surface area contributed by atoms with E-state index in [1.807, 2.05) is 0 Å². The summed E-state index contributed by atoms with van der Waals surface area (Å²) in [6.07, 6.45) is 7.61. The van der Waals surface area contributed by atoms with E-state index in [2.05, 4.69) is 24.3 Å². The highest BCUT2D eigenvalue weighted by Gasteiger charge is 2.35. The van der Waals surface area contributed by atoms with Crippen LogP contribution in [0.15, 0.2) is 24.3 Å². The van der Waals surface area contributed by atoms with Crippen LogP contribution in [0.1, 0.15) is 62.0 Å². The van der Waals surface area contributed by atoms with Gasteiger partial charge in [0.15, 0.2) is 0 Å². The van der Waals surface area contributed by atoms with Gasteiger partial charge in [-0.15, -0.1) is 0 Å². The minimum absolute atomic E-state index is 0.149. The SMILES string of the molecule is NC1CCCC(O)(c2cccc(C3CCC3)c2)C1. The van der Waals surface area contributed by atoms with Crippen molar-refractivity contribution in [3.8, 4) is 0 Å². The number of hydrogen-bond acceptors (Lipinski definition) is 2. The summed E-state index contributed by atoms with van der Waals surface area (Å²) >= 11 is 0. The molecular formula is C16H23NO. The monoisotopic (exact) mass is 245 g/mol. The Balaban J connectivity index is 1.86. The van der Waals surface area contributed by atoms with Crippen LogP contribution < -0.4 is 5.73 Å². The smallest absolute Gasteiger partial charge is 0.0911 e. The van der Waals surface area contributed by atoms with E-state index in [1.165, 1.54) is 24.8 Å². The van der Waals surface area contributed by atoms with E-state index < -0.39 is 5.60 Å². The molecule has 2 nitrogen and oxygen atoms in total. The average molecular weight is 245 g/mol. The van der Waals surface area contributed by atoms with E-state index in [0.717, 1.165) is 30.7 Å². The quantitative estimate of drug-likeness (QED) is 0.841. The third-order valence-corrected chi connectivity index (χ3v) is 4.77. The zero-order chi connectivity index (χ0) is 12.6. The molecule has 0 saturated heterocycles. The van der Waals surface area contributed by atoms with Crippen LogP contribution in [-0.2, 0) is 5.60 Å². The van der Waals surface area contributed by atoms with Crippen molar-refractivity contribution in [2.45, 2.75) is 62.5 Å². The molecule has 2 unspecified atom stereocenters. The lowest BCUT2D eigenvalue weighted by Gasteiger charge is -2.36. The lowest BCUT2D eigenvalue weighted by Crippen LogP contribution is -2.39. The zero-order valence-corrected chi connectivity index (χ0v) is 10.9. The van der Waals surface area contributed by atoms with Gasteiger partial charge in [-0.25, -0.2) is 0 Å². The van der Waals surface area contributed by atoms with Gasteiger partial charge in [-0.1, -0.05) is 30.7 Å². The maximum atomic E-state index is 10.8. The molecule has 0 amide bonds. The molecule has 2 atom stereocenters. The summed E-state index contributed by atoms with van der Waals surface area (Å²) < 4.78 is 0. The third kappa shape index (κ3) is 2.19. The van der Waals surface area contributed by atoms with E-state index in [4.69, 9.17) is 5.73 Å². The molecule has 0 bridgehead atoms. The number of aliphatic hydroxyl groups is 1. The second kappa shape index (κ2) is 4.67. The Morgan fingerprint density at radius 2 is 2.00 bits per heavy atom. The molecule has 2 aliphatic carbocycles. The fraction of sp³-hybridized carbons (Fsp3) is 0.625. The zero-order valence-electron chi connectivity index (χ0n) is 10.9. The van der Waals surface area contributed by atoms with Gasteiger partial charge in [0.25, 0.3) is 0 Å². The molecule has 2 saturated carbocycles. The van der Waals surface area contributed by atoms with Crippen LogP contribution in [0.25, 0.3) is 0 Å². The summed E-state index contributed by atoms with van der Waals surface area (Å²) in [5, 5.41) is 10.8. The van der Waals surface area contributed by atoms with Crippen molar-refractivity contribution in [1.29, 1.82) is 0 Å². The van der Waals surface area contributed by atoms with Gasteiger partial charge in [0.2, 0.25) is 0 Å². The molecular weight excluding hydrogens is 222 g/mol. The summed E-state index contributed by atoms with van der Waals surface area (Å²) in [6, 6.07) is 8.75. The molecule has 1 aromatic rings. The Morgan fingerprint density at radius 3 is 2.67 bits per heavy atom. The second-order valence-electron chi connectivity index (χ2n) is 6.14. The lowest BCUT2D eigenvalue weighted by molar-refractivity contribution is -0.00726. The van der Waals surface area contributed by atoms with Gasteiger partial charge in [-0.05, 0) is 55.6 Å².